The van der Waals surface area contributed by atoms with Crippen molar-refractivity contribution in [3.05, 3.63) is 41.3 Å². The highest BCUT2D eigenvalue weighted by Gasteiger charge is 2.38. The number of rotatable bonds is 3. The zero-order valence-corrected chi connectivity index (χ0v) is 17.1. The Labute approximate surface area is 170 Å². The van der Waals surface area contributed by atoms with Crippen LogP contribution in [0.1, 0.15) is 48.6 Å². The van der Waals surface area contributed by atoms with E-state index in [1.54, 1.807) is 24.4 Å². The van der Waals surface area contributed by atoms with E-state index >= 15 is 0 Å². The van der Waals surface area contributed by atoms with Gasteiger partial charge < -0.3 is 15.1 Å². The highest BCUT2D eigenvalue weighted by molar-refractivity contribution is 6.02. The molecule has 9 nitrogen and oxygen atoms in total. The van der Waals surface area contributed by atoms with Gasteiger partial charge in [0, 0.05) is 37.4 Å². The van der Waals surface area contributed by atoms with Gasteiger partial charge in [-0.25, -0.2) is 4.79 Å². The number of carbonyl (C=O) groups is 2. The first kappa shape index (κ1) is 19.4. The van der Waals surface area contributed by atoms with Crippen molar-refractivity contribution in [2.24, 2.45) is 0 Å². The number of H-pyrrole nitrogens is 1. The second kappa shape index (κ2) is 7.82. The number of carbonyl (C=O) groups excluding carboxylic acids is 2. The van der Waals surface area contributed by atoms with E-state index in [2.05, 4.69) is 39.2 Å². The molecule has 3 amide bonds. The summed E-state index contributed by atoms with van der Waals surface area (Å²) >= 11 is 0. The molecule has 2 aliphatic heterocycles. The summed E-state index contributed by atoms with van der Waals surface area (Å²) in [5.74, 6) is 0.142. The molecule has 2 aromatic heterocycles. The lowest BCUT2D eigenvalue weighted by molar-refractivity contribution is 0.0788. The van der Waals surface area contributed by atoms with Crippen LogP contribution >= 0.6 is 0 Å². The minimum absolute atomic E-state index is 0.0340. The summed E-state index contributed by atoms with van der Waals surface area (Å²) in [5.41, 5.74) is 2.05. The molecule has 0 bridgehead atoms. The molecule has 0 aliphatic carbocycles. The van der Waals surface area contributed by atoms with E-state index in [-0.39, 0.29) is 18.0 Å². The fourth-order valence-electron chi connectivity index (χ4n) is 4.17. The molecule has 2 atom stereocenters. The van der Waals surface area contributed by atoms with E-state index in [4.69, 9.17) is 0 Å². The summed E-state index contributed by atoms with van der Waals surface area (Å²) in [7, 11) is 0. The molecule has 9 heteroatoms. The second-order valence-corrected chi connectivity index (χ2v) is 7.64. The van der Waals surface area contributed by atoms with Gasteiger partial charge in [0.1, 0.15) is 5.69 Å². The highest BCUT2D eigenvalue weighted by Crippen LogP contribution is 2.36. The number of urea groups is 1. The Morgan fingerprint density at radius 2 is 2.10 bits per heavy atom. The van der Waals surface area contributed by atoms with Crippen LogP contribution in [0.25, 0.3) is 0 Å². The first-order chi connectivity index (χ1) is 14.0. The van der Waals surface area contributed by atoms with Crippen molar-refractivity contribution in [2.45, 2.75) is 39.4 Å². The maximum Gasteiger partial charge on any atom is 0.320 e. The minimum atomic E-state index is -0.318. The Kier molecular flexibility index (Phi) is 5.23. The first-order valence-electron chi connectivity index (χ1n) is 10.1. The van der Waals surface area contributed by atoms with Crippen molar-refractivity contribution >= 4 is 17.8 Å². The number of anilines is 1. The maximum atomic E-state index is 13.2. The molecule has 2 aromatic rings. The monoisotopic (exact) mass is 397 g/mol. The van der Waals surface area contributed by atoms with Gasteiger partial charge in [0.25, 0.3) is 5.91 Å². The van der Waals surface area contributed by atoms with E-state index in [0.29, 0.717) is 24.1 Å². The predicted molar refractivity (Wildman–Crippen MR) is 108 cm³/mol. The Morgan fingerprint density at radius 1 is 1.28 bits per heavy atom. The van der Waals surface area contributed by atoms with Gasteiger partial charge in [-0.1, -0.05) is 13.0 Å². The van der Waals surface area contributed by atoms with Crippen LogP contribution in [0.2, 0.25) is 0 Å². The highest BCUT2D eigenvalue weighted by atomic mass is 16.2. The summed E-state index contributed by atoms with van der Waals surface area (Å²) in [5, 5.41) is 10.1. The largest absolute Gasteiger partial charge is 0.322 e. The average molecular weight is 397 g/mol. The number of piperazine rings is 1. The zero-order chi connectivity index (χ0) is 20.5. The van der Waals surface area contributed by atoms with Crippen LogP contribution in [-0.2, 0) is 6.54 Å². The van der Waals surface area contributed by atoms with E-state index in [1.807, 2.05) is 16.7 Å². The fourth-order valence-corrected chi connectivity index (χ4v) is 4.17. The van der Waals surface area contributed by atoms with Crippen molar-refractivity contribution in [3.63, 3.8) is 0 Å². The van der Waals surface area contributed by atoms with E-state index in [0.717, 1.165) is 37.4 Å². The van der Waals surface area contributed by atoms with Crippen LogP contribution in [0, 0.1) is 0 Å². The molecule has 0 spiro atoms. The van der Waals surface area contributed by atoms with Crippen molar-refractivity contribution in [1.82, 2.24) is 29.9 Å². The van der Waals surface area contributed by atoms with E-state index in [1.165, 1.54) is 0 Å². The Bertz CT molecular complexity index is 897. The third-order valence-electron chi connectivity index (χ3n) is 5.93. The summed E-state index contributed by atoms with van der Waals surface area (Å²) in [6.07, 6.45) is 1.58. The molecule has 4 rings (SSSR count). The number of hydrogen-bond donors (Lipinski definition) is 2. The maximum absolute atomic E-state index is 13.2. The summed E-state index contributed by atoms with van der Waals surface area (Å²) in [6, 6.07) is 5.44. The number of pyridine rings is 1. The van der Waals surface area contributed by atoms with Gasteiger partial charge in [0.2, 0.25) is 0 Å². The number of nitrogens with one attached hydrogen (secondary N) is 2. The third-order valence-corrected chi connectivity index (χ3v) is 5.93. The van der Waals surface area contributed by atoms with Gasteiger partial charge in [-0.2, -0.15) is 5.10 Å². The van der Waals surface area contributed by atoms with E-state index in [9.17, 15) is 9.59 Å². The molecule has 2 aliphatic rings. The van der Waals surface area contributed by atoms with Crippen molar-refractivity contribution in [2.75, 3.05) is 31.5 Å². The molecule has 1 fully saturated rings. The summed E-state index contributed by atoms with van der Waals surface area (Å²) in [6.45, 7) is 10.1. The number of hydrogen-bond acceptors (Lipinski definition) is 5. The summed E-state index contributed by atoms with van der Waals surface area (Å²) in [4.78, 5) is 35.8. The number of aromatic nitrogens is 3. The lowest BCUT2D eigenvalue weighted by Gasteiger charge is -2.41. The third kappa shape index (κ3) is 3.57. The van der Waals surface area contributed by atoms with E-state index < -0.39 is 0 Å². The first-order valence-corrected chi connectivity index (χ1v) is 10.1. The van der Waals surface area contributed by atoms with Crippen molar-refractivity contribution < 1.29 is 9.59 Å². The van der Waals surface area contributed by atoms with Gasteiger partial charge in [-0.3, -0.25) is 19.8 Å². The molecule has 0 aromatic carbocycles. The Morgan fingerprint density at radius 3 is 2.79 bits per heavy atom. The SMILES string of the molecule is CCN1CCN(C(=O)N2Cc3c(NC(=O)c4ccccn4)n[nH]c3C2C)CC1C. The number of nitrogens with zero attached hydrogens (tertiary/aromatic N) is 5. The topological polar surface area (TPSA) is 97.5 Å². The molecule has 0 saturated carbocycles. The van der Waals surface area contributed by atoms with Gasteiger partial charge >= 0.3 is 6.03 Å². The number of aromatic amines is 1. The molecule has 29 heavy (non-hydrogen) atoms. The molecule has 0 radical (unpaired) electrons. The molecule has 2 N–H and O–H groups in total. The molecule has 4 heterocycles. The zero-order valence-electron chi connectivity index (χ0n) is 17.1. The minimum Gasteiger partial charge on any atom is -0.322 e. The lowest BCUT2D eigenvalue weighted by Crippen LogP contribution is -2.56. The van der Waals surface area contributed by atoms with Crippen LogP contribution in [0.3, 0.4) is 0 Å². The van der Waals surface area contributed by atoms with Crippen LogP contribution in [0.5, 0.6) is 0 Å². The molecule has 154 valence electrons. The molecular weight excluding hydrogens is 370 g/mol. The van der Waals surface area contributed by atoms with Gasteiger partial charge in [-0.05, 0) is 32.5 Å². The van der Waals surface area contributed by atoms with Crippen LogP contribution in [0.15, 0.2) is 24.4 Å². The Hall–Kier alpha value is -2.94. The number of likely N-dealkylation sites (N-methyl/N-ethyl adjacent to an activating group) is 1. The smallest absolute Gasteiger partial charge is 0.320 e. The normalized spacial score (nSPS) is 21.9. The lowest BCUT2D eigenvalue weighted by atomic mass is 10.2. The average Bonchev–Trinajstić information content (AvgIpc) is 3.28. The second-order valence-electron chi connectivity index (χ2n) is 7.64. The summed E-state index contributed by atoms with van der Waals surface area (Å²) < 4.78 is 0. The van der Waals surface area contributed by atoms with Crippen LogP contribution < -0.4 is 5.32 Å². The molecule has 2 unspecified atom stereocenters. The number of amides is 3. The fraction of sp³-hybridized carbons (Fsp3) is 0.500. The quantitative estimate of drug-likeness (QED) is 0.826. The Balaban J connectivity index is 1.46. The van der Waals surface area contributed by atoms with Crippen LogP contribution in [0.4, 0.5) is 10.6 Å². The predicted octanol–water partition coefficient (Wildman–Crippen LogP) is 2.08. The number of fused-ring (bicyclic) bond motifs is 1. The van der Waals surface area contributed by atoms with Gasteiger partial charge in [0.15, 0.2) is 5.82 Å². The van der Waals surface area contributed by atoms with Crippen LogP contribution in [-0.4, -0.2) is 74.0 Å². The van der Waals surface area contributed by atoms with Crippen molar-refractivity contribution in [1.29, 1.82) is 0 Å². The molecular formula is C20H27N7O2. The standard InChI is InChI=1S/C20H27N7O2/c1-4-25-9-10-26(11-13(25)2)20(29)27-12-15-17(14(27)3)23-24-18(15)22-19(28)16-7-5-6-8-21-16/h5-8,13-14H,4,9-12H2,1-3H3,(H2,22,23,24,28). The van der Waals surface area contributed by atoms with Gasteiger partial charge in [-0.15, -0.1) is 0 Å². The van der Waals surface area contributed by atoms with Crippen molar-refractivity contribution in [3.8, 4) is 0 Å². The molecule has 1 saturated heterocycles. The van der Waals surface area contributed by atoms with Gasteiger partial charge in [0.05, 0.1) is 18.3 Å².